The summed E-state index contributed by atoms with van der Waals surface area (Å²) in [5.74, 6) is 1.01. The molecule has 0 amide bonds. The maximum Gasteiger partial charge on any atom is 0.258 e. The normalized spacial score (nSPS) is 16.7. The molecule has 1 aliphatic rings. The minimum atomic E-state index is 0.703. The van der Waals surface area contributed by atoms with E-state index in [0.29, 0.717) is 5.71 Å². The minimum Gasteiger partial charge on any atom is -0.439 e. The molecule has 2 aromatic rings. The highest BCUT2D eigenvalue weighted by Gasteiger charge is 2.19. The van der Waals surface area contributed by atoms with Crippen LogP contribution in [0, 0.1) is 0 Å². The Balaban J connectivity index is 2.34. The van der Waals surface area contributed by atoms with Gasteiger partial charge >= 0.3 is 0 Å². The number of nitrogens with one attached hydrogen (secondary N) is 1. The Hall–Kier alpha value is -0.940. The third-order valence-electron chi connectivity index (χ3n) is 2.14. The average molecular weight is 181 g/mol. The lowest BCUT2D eigenvalue weighted by Crippen LogP contribution is -2.22. The highest BCUT2D eigenvalue weighted by atomic mass is 32.1. The Morgan fingerprint density at radius 1 is 1.42 bits per heavy atom. The molecule has 0 saturated carbocycles. The van der Waals surface area contributed by atoms with Gasteiger partial charge in [0.25, 0.3) is 5.71 Å². The average Bonchev–Trinajstić information content (AvgIpc) is 2.62. The first-order valence-corrected chi connectivity index (χ1v) is 4.62. The second-order valence-corrected chi connectivity index (χ2v) is 3.38. The first-order valence-electron chi connectivity index (χ1n) is 3.88. The summed E-state index contributed by atoms with van der Waals surface area (Å²) < 4.78 is 13.8. The van der Waals surface area contributed by atoms with Crippen molar-refractivity contribution < 1.29 is 4.42 Å². The summed E-state index contributed by atoms with van der Waals surface area (Å²) in [5, 5.41) is 3.25. The molecule has 12 heavy (non-hydrogen) atoms. The third-order valence-corrected chi connectivity index (χ3v) is 2.65. The van der Waals surface area contributed by atoms with Gasteiger partial charge in [-0.15, -0.1) is 4.37 Å². The molecule has 0 radical (unpaired) electrons. The van der Waals surface area contributed by atoms with E-state index in [0.717, 1.165) is 30.8 Å². The van der Waals surface area contributed by atoms with Crippen LogP contribution in [0.1, 0.15) is 11.3 Å². The molecular weight excluding hydrogens is 174 g/mol. The zero-order chi connectivity index (χ0) is 7.97. The van der Waals surface area contributed by atoms with Crippen molar-refractivity contribution in [1.29, 1.82) is 0 Å². The molecule has 4 nitrogen and oxygen atoms in total. The van der Waals surface area contributed by atoms with Gasteiger partial charge in [0.2, 0.25) is 0 Å². The van der Waals surface area contributed by atoms with Crippen molar-refractivity contribution in [3.05, 3.63) is 11.3 Å². The lowest BCUT2D eigenvalue weighted by molar-refractivity contribution is 0.484. The molecule has 1 N–H and O–H groups in total. The predicted octanol–water partition coefficient (Wildman–Crippen LogP) is 0.930. The second kappa shape index (κ2) is 2.27. The number of fused-ring (bicyclic) bond motifs is 3. The third kappa shape index (κ3) is 0.748. The molecule has 3 heterocycles. The summed E-state index contributed by atoms with van der Waals surface area (Å²) >= 11 is 1.22. The summed E-state index contributed by atoms with van der Waals surface area (Å²) in [6.45, 7) is 1.83. The van der Waals surface area contributed by atoms with Crippen molar-refractivity contribution in [2.24, 2.45) is 0 Å². The van der Waals surface area contributed by atoms with Crippen LogP contribution in [-0.4, -0.2) is 15.3 Å². The Bertz CT molecular complexity index is 419. The molecule has 1 aliphatic heterocycles. The van der Waals surface area contributed by atoms with E-state index < -0.39 is 0 Å². The van der Waals surface area contributed by atoms with Gasteiger partial charge in [0.15, 0.2) is 0 Å². The van der Waals surface area contributed by atoms with Gasteiger partial charge in [0.05, 0.1) is 18.3 Å². The minimum absolute atomic E-state index is 0.703. The van der Waals surface area contributed by atoms with Gasteiger partial charge in [-0.25, -0.2) is 0 Å². The summed E-state index contributed by atoms with van der Waals surface area (Å²) in [5.41, 5.74) is 2.92. The maximum absolute atomic E-state index is 5.50. The van der Waals surface area contributed by atoms with E-state index in [-0.39, 0.29) is 0 Å². The highest BCUT2D eigenvalue weighted by molar-refractivity contribution is 7.00. The van der Waals surface area contributed by atoms with Gasteiger partial charge in [0, 0.05) is 5.56 Å². The molecule has 2 aromatic heterocycles. The van der Waals surface area contributed by atoms with Crippen molar-refractivity contribution in [2.45, 2.75) is 13.0 Å². The van der Waals surface area contributed by atoms with Crippen molar-refractivity contribution in [2.75, 3.05) is 6.54 Å². The molecule has 62 valence electrons. The van der Waals surface area contributed by atoms with E-state index in [1.807, 2.05) is 0 Å². The SMILES string of the molecule is C1Cc2c(oc3nsnc23)CN1. The number of furan rings is 1. The number of rotatable bonds is 0. The van der Waals surface area contributed by atoms with Crippen LogP contribution in [0.4, 0.5) is 0 Å². The Morgan fingerprint density at radius 3 is 3.42 bits per heavy atom. The largest absolute Gasteiger partial charge is 0.439 e. The molecule has 0 bridgehead atoms. The van der Waals surface area contributed by atoms with E-state index in [4.69, 9.17) is 4.42 Å². The summed E-state index contributed by atoms with van der Waals surface area (Å²) in [7, 11) is 0. The predicted molar refractivity (Wildman–Crippen MR) is 45.1 cm³/mol. The van der Waals surface area contributed by atoms with E-state index in [9.17, 15) is 0 Å². The first kappa shape index (κ1) is 6.56. The van der Waals surface area contributed by atoms with Gasteiger partial charge < -0.3 is 9.73 Å². The Labute approximate surface area is 72.9 Å². The summed E-state index contributed by atoms with van der Waals surface area (Å²) in [6, 6.07) is 0. The molecule has 0 aromatic carbocycles. The van der Waals surface area contributed by atoms with Gasteiger partial charge in [-0.1, -0.05) is 0 Å². The highest BCUT2D eigenvalue weighted by Crippen LogP contribution is 2.26. The molecule has 0 atom stereocenters. The van der Waals surface area contributed by atoms with Crippen LogP contribution in [0.5, 0.6) is 0 Å². The number of aromatic nitrogens is 2. The fraction of sp³-hybridized carbons (Fsp3) is 0.429. The Kier molecular flexibility index (Phi) is 1.24. The lowest BCUT2D eigenvalue weighted by Gasteiger charge is -2.09. The van der Waals surface area contributed by atoms with Crippen LogP contribution in [0.2, 0.25) is 0 Å². The van der Waals surface area contributed by atoms with Crippen LogP contribution in [-0.2, 0) is 13.0 Å². The first-order chi connectivity index (χ1) is 5.95. The van der Waals surface area contributed by atoms with Gasteiger partial charge in [-0.3, -0.25) is 0 Å². The van der Waals surface area contributed by atoms with Gasteiger partial charge in [-0.05, 0) is 13.0 Å². The van der Waals surface area contributed by atoms with Crippen molar-refractivity contribution >= 4 is 23.0 Å². The van der Waals surface area contributed by atoms with Crippen molar-refractivity contribution in [3.8, 4) is 0 Å². The molecule has 3 rings (SSSR count). The molecular formula is C7H7N3OS. The number of nitrogens with zero attached hydrogens (tertiary/aromatic N) is 2. The molecule has 0 aliphatic carbocycles. The number of hydrogen-bond donors (Lipinski definition) is 1. The smallest absolute Gasteiger partial charge is 0.258 e. The van der Waals surface area contributed by atoms with Crippen LogP contribution in [0.15, 0.2) is 4.42 Å². The zero-order valence-electron chi connectivity index (χ0n) is 6.33. The second-order valence-electron chi connectivity index (χ2n) is 2.85. The van der Waals surface area contributed by atoms with Gasteiger partial charge in [0.1, 0.15) is 11.3 Å². The summed E-state index contributed by atoms with van der Waals surface area (Å²) in [4.78, 5) is 0. The molecule has 0 saturated heterocycles. The fourth-order valence-corrected chi connectivity index (χ4v) is 2.07. The number of hydrogen-bond acceptors (Lipinski definition) is 5. The van der Waals surface area contributed by atoms with Crippen LogP contribution < -0.4 is 5.32 Å². The van der Waals surface area contributed by atoms with E-state index >= 15 is 0 Å². The van der Waals surface area contributed by atoms with E-state index in [1.54, 1.807) is 0 Å². The standard InChI is InChI=1S/C7H7N3OS/c1-2-8-3-5-4(1)6-7(11-5)10-12-9-6/h8H,1-3H2. The molecule has 0 fully saturated rings. The lowest BCUT2D eigenvalue weighted by atomic mass is 10.1. The topological polar surface area (TPSA) is 51.0 Å². The zero-order valence-corrected chi connectivity index (χ0v) is 7.15. The van der Waals surface area contributed by atoms with Crippen molar-refractivity contribution in [1.82, 2.24) is 14.1 Å². The molecule has 5 heteroatoms. The monoisotopic (exact) mass is 181 g/mol. The quantitative estimate of drug-likeness (QED) is 0.657. The molecule has 0 unspecified atom stereocenters. The fourth-order valence-electron chi connectivity index (χ4n) is 1.56. The maximum atomic E-state index is 5.50. The van der Waals surface area contributed by atoms with Crippen LogP contribution >= 0.6 is 11.7 Å². The van der Waals surface area contributed by atoms with E-state index in [2.05, 4.69) is 14.1 Å². The molecule has 0 spiro atoms. The van der Waals surface area contributed by atoms with Gasteiger partial charge in [-0.2, -0.15) is 4.37 Å². The Morgan fingerprint density at radius 2 is 2.42 bits per heavy atom. The summed E-state index contributed by atoms with van der Waals surface area (Å²) in [6.07, 6.45) is 1.01. The van der Waals surface area contributed by atoms with Crippen molar-refractivity contribution in [3.63, 3.8) is 0 Å². The van der Waals surface area contributed by atoms with E-state index in [1.165, 1.54) is 17.3 Å². The van der Waals surface area contributed by atoms with Crippen LogP contribution in [0.25, 0.3) is 11.2 Å². The van der Waals surface area contributed by atoms with Crippen LogP contribution in [0.3, 0.4) is 0 Å².